The zero-order valence-corrected chi connectivity index (χ0v) is 15.6. The highest BCUT2D eigenvalue weighted by atomic mass is 16.5. The number of rotatable bonds is 4. The molecule has 3 aromatic carbocycles. The van der Waals surface area contributed by atoms with E-state index >= 15 is 0 Å². The van der Waals surface area contributed by atoms with E-state index in [4.69, 9.17) is 4.74 Å². The van der Waals surface area contributed by atoms with Crippen LogP contribution in [0.3, 0.4) is 0 Å². The second-order valence-corrected chi connectivity index (χ2v) is 6.40. The zero-order chi connectivity index (χ0) is 19.7. The van der Waals surface area contributed by atoms with Gasteiger partial charge in [-0.25, -0.2) is 0 Å². The Balaban J connectivity index is 2.14. The molecule has 5 heteroatoms. The number of para-hydroxylation sites is 1. The summed E-state index contributed by atoms with van der Waals surface area (Å²) in [5.74, 6) is 0.644. The number of hydrogen-bond donors (Lipinski definition) is 2. The number of aromatic nitrogens is 1. The first kappa shape index (κ1) is 17.7. The summed E-state index contributed by atoms with van der Waals surface area (Å²) >= 11 is 0. The van der Waals surface area contributed by atoms with Gasteiger partial charge in [0, 0.05) is 18.1 Å². The fourth-order valence-electron chi connectivity index (χ4n) is 3.50. The van der Waals surface area contributed by atoms with E-state index in [9.17, 15) is 9.90 Å². The van der Waals surface area contributed by atoms with Crippen LogP contribution in [-0.4, -0.2) is 29.7 Å². The smallest absolute Gasteiger partial charge is 0.253 e. The Morgan fingerprint density at radius 3 is 2.36 bits per heavy atom. The molecule has 0 saturated carbocycles. The number of phenolic OH excluding ortho intramolecular Hbond substituents is 1. The number of aromatic hydroxyl groups is 1. The number of benzene rings is 3. The van der Waals surface area contributed by atoms with E-state index in [0.717, 1.165) is 28.2 Å². The molecule has 1 aromatic heterocycles. The van der Waals surface area contributed by atoms with Crippen LogP contribution in [0.15, 0.2) is 72.8 Å². The Morgan fingerprint density at radius 1 is 1.00 bits per heavy atom. The molecular weight excluding hydrogens is 352 g/mol. The first-order chi connectivity index (χ1) is 13.6. The van der Waals surface area contributed by atoms with Crippen molar-refractivity contribution in [3.8, 4) is 28.4 Å². The SMILES string of the molecule is CNC(=O)c1c(-c2ccc(OC)cc2)n(-c2ccccc2)c2ccc(O)cc12. The van der Waals surface area contributed by atoms with Gasteiger partial charge in [-0.05, 0) is 60.2 Å². The Morgan fingerprint density at radius 2 is 1.71 bits per heavy atom. The molecule has 0 spiro atoms. The van der Waals surface area contributed by atoms with Crippen molar-refractivity contribution in [3.63, 3.8) is 0 Å². The lowest BCUT2D eigenvalue weighted by Crippen LogP contribution is -2.18. The Kier molecular flexibility index (Phi) is 4.49. The highest BCUT2D eigenvalue weighted by Crippen LogP contribution is 2.38. The fraction of sp³-hybridized carbons (Fsp3) is 0.0870. The second-order valence-electron chi connectivity index (χ2n) is 6.40. The van der Waals surface area contributed by atoms with E-state index in [0.29, 0.717) is 10.9 Å². The predicted octanol–water partition coefficient (Wildman–Crippen LogP) is 4.37. The number of carbonyl (C=O) groups excluding carboxylic acids is 1. The van der Waals surface area contributed by atoms with Crippen molar-refractivity contribution in [3.05, 3.63) is 78.4 Å². The van der Waals surface area contributed by atoms with Gasteiger partial charge in [-0.15, -0.1) is 0 Å². The van der Waals surface area contributed by atoms with E-state index in [1.54, 1.807) is 26.3 Å². The molecule has 0 saturated heterocycles. The van der Waals surface area contributed by atoms with Gasteiger partial charge in [0.1, 0.15) is 11.5 Å². The molecule has 4 aromatic rings. The molecular formula is C23H20N2O3. The average molecular weight is 372 g/mol. The third-order valence-electron chi connectivity index (χ3n) is 4.78. The lowest BCUT2D eigenvalue weighted by Gasteiger charge is -2.13. The van der Waals surface area contributed by atoms with Crippen LogP contribution >= 0.6 is 0 Å². The number of nitrogens with one attached hydrogen (secondary N) is 1. The van der Waals surface area contributed by atoms with Crippen molar-refractivity contribution in [2.75, 3.05) is 14.2 Å². The van der Waals surface area contributed by atoms with Crippen LogP contribution in [0.4, 0.5) is 0 Å². The van der Waals surface area contributed by atoms with Crippen LogP contribution in [0.2, 0.25) is 0 Å². The molecule has 0 aliphatic carbocycles. The van der Waals surface area contributed by atoms with E-state index in [1.807, 2.05) is 65.2 Å². The number of methoxy groups -OCH3 is 1. The third kappa shape index (κ3) is 2.87. The lowest BCUT2D eigenvalue weighted by molar-refractivity contribution is 0.0965. The number of amides is 1. The number of fused-ring (bicyclic) bond motifs is 1. The average Bonchev–Trinajstić information content (AvgIpc) is 3.08. The van der Waals surface area contributed by atoms with Crippen LogP contribution < -0.4 is 10.1 Å². The first-order valence-corrected chi connectivity index (χ1v) is 8.93. The summed E-state index contributed by atoms with van der Waals surface area (Å²) < 4.78 is 7.32. The molecule has 1 heterocycles. The summed E-state index contributed by atoms with van der Waals surface area (Å²) in [6.45, 7) is 0. The van der Waals surface area contributed by atoms with Crippen molar-refractivity contribution in [2.24, 2.45) is 0 Å². The number of ether oxygens (including phenoxy) is 1. The number of carbonyl (C=O) groups is 1. The van der Waals surface area contributed by atoms with Gasteiger partial charge in [-0.3, -0.25) is 4.79 Å². The Bertz CT molecular complexity index is 1150. The molecule has 0 atom stereocenters. The maximum Gasteiger partial charge on any atom is 0.253 e. The topological polar surface area (TPSA) is 63.5 Å². The summed E-state index contributed by atoms with van der Waals surface area (Å²) in [6.07, 6.45) is 0. The predicted molar refractivity (Wildman–Crippen MR) is 110 cm³/mol. The van der Waals surface area contributed by atoms with Crippen molar-refractivity contribution in [1.29, 1.82) is 0 Å². The minimum Gasteiger partial charge on any atom is -0.508 e. The molecule has 2 N–H and O–H groups in total. The standard InChI is InChI=1S/C23H20N2O3/c1-24-23(27)21-19-14-17(26)10-13-20(19)25(16-6-4-3-5-7-16)22(21)15-8-11-18(28-2)12-9-15/h3-14,26H,1-2H3,(H,24,27). The van der Waals surface area contributed by atoms with Crippen molar-refractivity contribution >= 4 is 16.8 Å². The van der Waals surface area contributed by atoms with Crippen LogP contribution in [0.25, 0.3) is 27.8 Å². The van der Waals surface area contributed by atoms with Crippen LogP contribution in [0, 0.1) is 0 Å². The Hall–Kier alpha value is -3.73. The molecule has 5 nitrogen and oxygen atoms in total. The molecule has 0 fully saturated rings. The van der Waals surface area contributed by atoms with Gasteiger partial charge >= 0.3 is 0 Å². The molecule has 140 valence electrons. The molecule has 28 heavy (non-hydrogen) atoms. The van der Waals surface area contributed by atoms with E-state index < -0.39 is 0 Å². The van der Waals surface area contributed by atoms with Gasteiger partial charge in [0.25, 0.3) is 5.91 Å². The minimum absolute atomic E-state index is 0.115. The molecule has 0 radical (unpaired) electrons. The highest BCUT2D eigenvalue weighted by molar-refractivity contribution is 6.13. The number of nitrogens with zero attached hydrogens (tertiary/aromatic N) is 1. The molecule has 1 amide bonds. The van der Waals surface area contributed by atoms with Crippen molar-refractivity contribution in [1.82, 2.24) is 9.88 Å². The summed E-state index contributed by atoms with van der Waals surface area (Å²) in [6, 6.07) is 22.5. The Labute approximate surface area is 162 Å². The van der Waals surface area contributed by atoms with Crippen LogP contribution in [0.5, 0.6) is 11.5 Å². The number of hydrogen-bond acceptors (Lipinski definition) is 3. The summed E-state index contributed by atoms with van der Waals surface area (Å²) in [5, 5.41) is 13.5. The van der Waals surface area contributed by atoms with Crippen LogP contribution in [-0.2, 0) is 0 Å². The second kappa shape index (κ2) is 7.12. The number of phenols is 1. The molecule has 4 rings (SSSR count). The summed E-state index contributed by atoms with van der Waals surface area (Å²) in [5.41, 5.74) is 3.92. The van der Waals surface area contributed by atoms with Crippen LogP contribution in [0.1, 0.15) is 10.4 Å². The van der Waals surface area contributed by atoms with E-state index in [2.05, 4.69) is 5.32 Å². The van der Waals surface area contributed by atoms with Gasteiger partial charge in [0.15, 0.2) is 0 Å². The fourth-order valence-corrected chi connectivity index (χ4v) is 3.50. The van der Waals surface area contributed by atoms with E-state index in [-0.39, 0.29) is 11.7 Å². The van der Waals surface area contributed by atoms with Gasteiger partial charge in [0.05, 0.1) is 23.9 Å². The molecule has 0 unspecified atom stereocenters. The molecule has 0 aliphatic rings. The normalized spacial score (nSPS) is 10.8. The van der Waals surface area contributed by atoms with Gasteiger partial charge in [-0.2, -0.15) is 0 Å². The molecule has 0 bridgehead atoms. The maximum atomic E-state index is 12.9. The van der Waals surface area contributed by atoms with Gasteiger partial charge in [0.2, 0.25) is 0 Å². The first-order valence-electron chi connectivity index (χ1n) is 8.93. The van der Waals surface area contributed by atoms with Crippen molar-refractivity contribution in [2.45, 2.75) is 0 Å². The monoisotopic (exact) mass is 372 g/mol. The quantitative estimate of drug-likeness (QED) is 0.559. The zero-order valence-electron chi connectivity index (χ0n) is 15.6. The van der Waals surface area contributed by atoms with Gasteiger partial charge in [-0.1, -0.05) is 18.2 Å². The lowest BCUT2D eigenvalue weighted by atomic mass is 10.0. The van der Waals surface area contributed by atoms with Crippen molar-refractivity contribution < 1.29 is 14.6 Å². The maximum absolute atomic E-state index is 12.9. The largest absolute Gasteiger partial charge is 0.508 e. The third-order valence-corrected chi connectivity index (χ3v) is 4.78. The van der Waals surface area contributed by atoms with Gasteiger partial charge < -0.3 is 19.7 Å². The minimum atomic E-state index is -0.212. The van der Waals surface area contributed by atoms with E-state index in [1.165, 1.54) is 0 Å². The summed E-state index contributed by atoms with van der Waals surface area (Å²) in [4.78, 5) is 12.9. The highest BCUT2D eigenvalue weighted by Gasteiger charge is 2.24. The summed E-state index contributed by atoms with van der Waals surface area (Å²) in [7, 11) is 3.23. The molecule has 0 aliphatic heterocycles.